The van der Waals surface area contributed by atoms with Gasteiger partial charge in [0.25, 0.3) is 5.56 Å². The number of amides is 2. The van der Waals surface area contributed by atoms with E-state index in [0.29, 0.717) is 22.6 Å². The Hall–Kier alpha value is -2.78. The average Bonchev–Trinajstić information content (AvgIpc) is 2.76. The van der Waals surface area contributed by atoms with Crippen LogP contribution in [-0.2, 0) is 18.3 Å². The zero-order valence-electron chi connectivity index (χ0n) is 20.1. The number of carbonyl (C=O) groups excluding carboxylic acids is 1. The number of benzene rings is 2. The third kappa shape index (κ3) is 7.11. The molecule has 0 aliphatic heterocycles. The van der Waals surface area contributed by atoms with Crippen molar-refractivity contribution >= 4 is 29.3 Å². The zero-order valence-corrected chi connectivity index (χ0v) is 21.9. The number of rotatable bonds is 7. The van der Waals surface area contributed by atoms with E-state index in [9.17, 15) is 24.6 Å². The topological polar surface area (TPSA) is 121 Å². The standard InChI is InChI=1S/C24H24ClN3O5.Na.H/c1-14-13-28(2)23(32)21(22(14)31)27-24(33)26-19(12-20(29)30)17-5-3-4-16(11-17)10-15-6-8-18(25)9-7-15;;/h3-9,11,13,19,31H,10,12H2,1-2H3,(H,29,30)(H2,26,27,33);;/q;+1;-1. The Morgan fingerprint density at radius 1 is 1.15 bits per heavy atom. The minimum atomic E-state index is -1.10. The number of carbonyl (C=O) groups is 2. The van der Waals surface area contributed by atoms with E-state index in [1.54, 1.807) is 31.2 Å². The van der Waals surface area contributed by atoms with E-state index < -0.39 is 23.6 Å². The van der Waals surface area contributed by atoms with Crippen LogP contribution in [0.15, 0.2) is 59.5 Å². The molecule has 0 bridgehead atoms. The number of hydrogen-bond acceptors (Lipinski definition) is 4. The van der Waals surface area contributed by atoms with Gasteiger partial charge in [-0.15, -0.1) is 0 Å². The first kappa shape index (κ1) is 27.5. The molecule has 0 radical (unpaired) electrons. The van der Waals surface area contributed by atoms with Gasteiger partial charge in [0.15, 0.2) is 5.69 Å². The van der Waals surface area contributed by atoms with Crippen LogP contribution in [0.3, 0.4) is 0 Å². The number of carboxylic acids is 1. The number of halogens is 1. The summed E-state index contributed by atoms with van der Waals surface area (Å²) in [5.41, 5.74) is 2.10. The number of anilines is 1. The quantitative estimate of drug-likeness (QED) is 0.367. The number of carboxylic acid groups (broad SMARTS) is 1. The normalized spacial score (nSPS) is 11.3. The van der Waals surface area contributed by atoms with Gasteiger partial charge in [-0.05, 0) is 42.2 Å². The Bertz CT molecular complexity index is 1250. The fourth-order valence-corrected chi connectivity index (χ4v) is 3.62. The molecule has 3 rings (SSSR count). The second kappa shape index (κ2) is 12.1. The van der Waals surface area contributed by atoms with Crippen molar-refractivity contribution in [1.29, 1.82) is 0 Å². The maximum Gasteiger partial charge on any atom is 1.00 e. The summed E-state index contributed by atoms with van der Waals surface area (Å²) in [5.74, 6) is -1.44. The monoisotopic (exact) mass is 493 g/mol. The molecular weight excluding hydrogens is 469 g/mol. The van der Waals surface area contributed by atoms with Gasteiger partial charge in [-0.3, -0.25) is 9.59 Å². The van der Waals surface area contributed by atoms with Crippen molar-refractivity contribution in [3.8, 4) is 5.75 Å². The maximum absolute atomic E-state index is 12.6. The van der Waals surface area contributed by atoms with Crippen molar-refractivity contribution in [1.82, 2.24) is 9.88 Å². The van der Waals surface area contributed by atoms with Crippen LogP contribution in [0.4, 0.5) is 10.5 Å². The van der Waals surface area contributed by atoms with Crippen molar-refractivity contribution in [2.45, 2.75) is 25.8 Å². The molecule has 8 nitrogen and oxygen atoms in total. The average molecular weight is 494 g/mol. The van der Waals surface area contributed by atoms with Crippen LogP contribution >= 0.6 is 11.6 Å². The van der Waals surface area contributed by atoms with Crippen molar-refractivity contribution < 1.29 is 50.8 Å². The molecule has 1 unspecified atom stereocenters. The summed E-state index contributed by atoms with van der Waals surface area (Å²) in [6.45, 7) is 1.59. The van der Waals surface area contributed by atoms with E-state index in [1.807, 2.05) is 24.3 Å². The van der Waals surface area contributed by atoms with Crippen LogP contribution in [0.5, 0.6) is 5.75 Å². The summed E-state index contributed by atoms with van der Waals surface area (Å²) in [7, 11) is 1.50. The smallest absolute Gasteiger partial charge is 1.00 e. The Kier molecular flexibility index (Phi) is 9.76. The van der Waals surface area contributed by atoms with Gasteiger partial charge in [0, 0.05) is 23.8 Å². The third-order valence-corrected chi connectivity index (χ3v) is 5.38. The molecule has 1 aromatic heterocycles. The summed E-state index contributed by atoms with van der Waals surface area (Å²) in [6, 6.07) is 13.0. The number of nitrogens with one attached hydrogen (secondary N) is 2. The van der Waals surface area contributed by atoms with Gasteiger partial charge in [-0.1, -0.05) is 48.0 Å². The number of pyridine rings is 1. The number of aliphatic carboxylic acids is 1. The summed E-state index contributed by atoms with van der Waals surface area (Å²) < 4.78 is 1.24. The maximum atomic E-state index is 12.6. The molecule has 0 saturated carbocycles. The third-order valence-electron chi connectivity index (χ3n) is 5.13. The van der Waals surface area contributed by atoms with Gasteiger partial charge in [0.05, 0.1) is 12.5 Å². The Morgan fingerprint density at radius 3 is 2.47 bits per heavy atom. The molecule has 34 heavy (non-hydrogen) atoms. The molecule has 0 saturated heterocycles. The Balaban J connectivity index is 0.00000306. The minimum absolute atomic E-state index is 0. The summed E-state index contributed by atoms with van der Waals surface area (Å²) in [4.78, 5) is 36.4. The number of nitrogens with zero attached hydrogens (tertiary/aromatic N) is 1. The molecule has 2 aromatic carbocycles. The van der Waals surface area contributed by atoms with Crippen molar-refractivity contribution in [2.75, 3.05) is 5.32 Å². The molecule has 0 aliphatic rings. The predicted octanol–water partition coefficient (Wildman–Crippen LogP) is 1.10. The fraction of sp³-hybridized carbons (Fsp3) is 0.208. The van der Waals surface area contributed by atoms with Gasteiger partial charge >= 0.3 is 41.6 Å². The first-order valence-corrected chi connectivity index (χ1v) is 10.5. The van der Waals surface area contributed by atoms with E-state index in [0.717, 1.165) is 11.1 Å². The van der Waals surface area contributed by atoms with Crippen LogP contribution in [0.1, 0.15) is 36.1 Å². The van der Waals surface area contributed by atoms with E-state index in [1.165, 1.54) is 17.8 Å². The molecule has 4 N–H and O–H groups in total. The van der Waals surface area contributed by atoms with Gasteiger partial charge in [0.1, 0.15) is 5.75 Å². The zero-order chi connectivity index (χ0) is 24.1. The SMILES string of the molecule is Cc1cn(C)c(=O)c(NC(=O)NC(CC(=O)O)c2cccc(Cc3ccc(Cl)cc3)c2)c1O.[H-].[Na+]. The number of hydrogen-bond donors (Lipinski definition) is 4. The molecule has 1 heterocycles. The van der Waals surface area contributed by atoms with Crippen molar-refractivity contribution in [2.24, 2.45) is 7.05 Å². The molecule has 0 aliphatic carbocycles. The van der Waals surface area contributed by atoms with Crippen LogP contribution in [0, 0.1) is 6.92 Å². The molecule has 0 fully saturated rings. The minimum Gasteiger partial charge on any atom is -1.00 e. The first-order chi connectivity index (χ1) is 15.6. The van der Waals surface area contributed by atoms with Gasteiger partial charge in [-0.25, -0.2) is 4.79 Å². The number of aryl methyl sites for hydroxylation is 2. The molecular formula is C24H25ClN3NaO5. The van der Waals surface area contributed by atoms with Crippen molar-refractivity contribution in [3.05, 3.63) is 92.4 Å². The molecule has 3 aromatic rings. The van der Waals surface area contributed by atoms with E-state index >= 15 is 0 Å². The van der Waals surface area contributed by atoms with Gasteiger partial charge < -0.3 is 26.8 Å². The van der Waals surface area contributed by atoms with Crippen molar-refractivity contribution in [3.63, 3.8) is 0 Å². The molecule has 174 valence electrons. The molecule has 1 atom stereocenters. The van der Waals surface area contributed by atoms with Gasteiger partial charge in [0.2, 0.25) is 0 Å². The second-order valence-corrected chi connectivity index (χ2v) is 8.19. The fourth-order valence-electron chi connectivity index (χ4n) is 3.49. The predicted molar refractivity (Wildman–Crippen MR) is 127 cm³/mol. The molecule has 2 amide bonds. The molecule has 10 heteroatoms. The van der Waals surface area contributed by atoms with E-state index in [-0.39, 0.29) is 48.8 Å². The number of urea groups is 1. The van der Waals surface area contributed by atoms with E-state index in [4.69, 9.17) is 11.6 Å². The largest absolute Gasteiger partial charge is 1.00 e. The molecule has 0 spiro atoms. The van der Waals surface area contributed by atoms with Gasteiger partial charge in [-0.2, -0.15) is 0 Å². The van der Waals surface area contributed by atoms with E-state index in [2.05, 4.69) is 10.6 Å². The van der Waals surface area contributed by atoms with Crippen LogP contribution in [-0.4, -0.2) is 26.8 Å². The van der Waals surface area contributed by atoms with Crippen LogP contribution in [0.25, 0.3) is 0 Å². The Labute approximate surface area is 225 Å². The first-order valence-electron chi connectivity index (χ1n) is 10.2. The van der Waals surface area contributed by atoms with Crippen LogP contribution in [0.2, 0.25) is 5.02 Å². The number of aromatic nitrogens is 1. The van der Waals surface area contributed by atoms with Crippen LogP contribution < -0.4 is 45.8 Å². The Morgan fingerprint density at radius 2 is 1.82 bits per heavy atom. The second-order valence-electron chi connectivity index (χ2n) is 7.75. The summed E-state index contributed by atoms with van der Waals surface area (Å²) in [6.07, 6.45) is 1.68. The summed E-state index contributed by atoms with van der Waals surface area (Å²) >= 11 is 5.93. The summed E-state index contributed by atoms with van der Waals surface area (Å²) in [5, 5.41) is 25.1. The number of aromatic hydroxyl groups is 1.